The lowest BCUT2D eigenvalue weighted by molar-refractivity contribution is -0.146. The van der Waals surface area contributed by atoms with E-state index in [1.54, 1.807) is 0 Å². The second-order valence-corrected chi connectivity index (χ2v) is 11.0. The highest BCUT2D eigenvalue weighted by atomic mass is 16.6. The Labute approximate surface area is 187 Å². The minimum absolute atomic E-state index is 0.0385. The van der Waals surface area contributed by atoms with Gasteiger partial charge < -0.3 is 9.64 Å². The highest BCUT2D eigenvalue weighted by molar-refractivity contribution is 5.75. The molecule has 168 valence electrons. The molecule has 4 aliphatic rings. The second-order valence-electron chi connectivity index (χ2n) is 11.0. The van der Waals surface area contributed by atoms with E-state index in [-0.39, 0.29) is 23.4 Å². The Hall–Kier alpha value is -1.81. The smallest absolute Gasteiger partial charge is 0.310 e. The molecule has 2 saturated heterocycles. The Bertz CT molecular complexity index is 872. The molecular formula is C27H38N2O2. The number of aryl methyl sites for hydroxylation is 2. The molecule has 31 heavy (non-hydrogen) atoms. The lowest BCUT2D eigenvalue weighted by atomic mass is 9.55. The summed E-state index contributed by atoms with van der Waals surface area (Å²) in [6.07, 6.45) is 5.91. The summed E-state index contributed by atoms with van der Waals surface area (Å²) >= 11 is 0. The number of fused-ring (bicyclic) bond motifs is 2. The molecule has 0 spiro atoms. The van der Waals surface area contributed by atoms with Crippen molar-refractivity contribution in [3.8, 4) is 0 Å². The predicted octanol–water partition coefficient (Wildman–Crippen LogP) is 4.74. The first-order valence-electron chi connectivity index (χ1n) is 12.3. The fourth-order valence-corrected chi connectivity index (χ4v) is 6.97. The first-order chi connectivity index (χ1) is 14.8. The minimum Gasteiger partial charge on any atom is -0.462 e. The molecule has 4 nitrogen and oxygen atoms in total. The number of rotatable bonds is 3. The molecular weight excluding hydrogens is 384 g/mol. The average Bonchev–Trinajstić information content (AvgIpc) is 3.02. The summed E-state index contributed by atoms with van der Waals surface area (Å²) in [6.45, 7) is 16.1. The molecule has 0 bridgehead atoms. The van der Waals surface area contributed by atoms with E-state index in [0.29, 0.717) is 11.8 Å². The van der Waals surface area contributed by atoms with Crippen molar-refractivity contribution in [3.63, 3.8) is 0 Å². The number of hydrogen-bond acceptors (Lipinski definition) is 4. The number of carbonyl (C=O) groups is 1. The maximum absolute atomic E-state index is 12.9. The van der Waals surface area contributed by atoms with Crippen LogP contribution in [-0.2, 0) is 9.53 Å². The number of piperazine rings is 1. The summed E-state index contributed by atoms with van der Waals surface area (Å²) in [4.78, 5) is 17.9. The van der Waals surface area contributed by atoms with Crippen LogP contribution in [0.4, 0.5) is 5.69 Å². The number of benzene rings is 1. The number of anilines is 1. The fraction of sp³-hybridized carbons (Fsp3) is 0.667. The SMILES string of the molecule is C=C1CCC[C@]2(C)C[C@H]3OC(=O)[C@H](CN4CCN(c5cc(C)ccc5C)CC4)[C@@H]3C[C@H]12. The van der Waals surface area contributed by atoms with Crippen LogP contribution in [0.15, 0.2) is 30.4 Å². The van der Waals surface area contributed by atoms with Gasteiger partial charge in [0.2, 0.25) is 0 Å². The standard InChI is InChI=1S/C27H38N2O2/c1-18-7-8-20(3)24(14-18)29-12-10-28(11-13-29)17-22-21-15-23-19(2)6-5-9-27(23,4)16-25(21)31-26(22)30/h7-8,14,21-23,25H,2,5-6,9-13,15-17H2,1,3-4H3/t21-,22+,23+,25+,27+/m0/s1. The summed E-state index contributed by atoms with van der Waals surface area (Å²) in [5.74, 6) is 1.04. The number of carbonyl (C=O) groups excluding carboxylic acids is 1. The van der Waals surface area contributed by atoms with Gasteiger partial charge in [-0.15, -0.1) is 0 Å². The molecule has 2 saturated carbocycles. The Kier molecular flexibility index (Phi) is 5.40. The summed E-state index contributed by atoms with van der Waals surface area (Å²) in [5.41, 5.74) is 5.73. The third kappa shape index (κ3) is 3.82. The molecule has 2 heterocycles. The van der Waals surface area contributed by atoms with Gasteiger partial charge in [0.15, 0.2) is 0 Å². The van der Waals surface area contributed by atoms with Crippen molar-refractivity contribution >= 4 is 11.7 Å². The summed E-state index contributed by atoms with van der Waals surface area (Å²) in [5, 5.41) is 0. The molecule has 0 unspecified atom stereocenters. The summed E-state index contributed by atoms with van der Waals surface area (Å²) < 4.78 is 5.98. The van der Waals surface area contributed by atoms with Gasteiger partial charge >= 0.3 is 5.97 Å². The van der Waals surface area contributed by atoms with E-state index in [0.717, 1.165) is 52.0 Å². The Balaban J connectivity index is 1.23. The van der Waals surface area contributed by atoms with Gasteiger partial charge in [-0.3, -0.25) is 9.69 Å². The summed E-state index contributed by atoms with van der Waals surface area (Å²) in [6, 6.07) is 6.72. The Morgan fingerprint density at radius 2 is 1.97 bits per heavy atom. The van der Waals surface area contributed by atoms with Gasteiger partial charge in [0, 0.05) is 44.3 Å². The van der Waals surface area contributed by atoms with Gasteiger partial charge in [0.25, 0.3) is 0 Å². The highest BCUT2D eigenvalue weighted by Crippen LogP contribution is 2.56. The van der Waals surface area contributed by atoms with Gasteiger partial charge in [0.1, 0.15) is 6.10 Å². The average molecular weight is 423 g/mol. The van der Waals surface area contributed by atoms with Crippen molar-refractivity contribution in [2.45, 2.75) is 59.0 Å². The van der Waals surface area contributed by atoms with Crippen LogP contribution in [0.2, 0.25) is 0 Å². The number of allylic oxidation sites excluding steroid dienone is 1. The lowest BCUT2D eigenvalue weighted by Gasteiger charge is -2.50. The monoisotopic (exact) mass is 422 g/mol. The van der Waals surface area contributed by atoms with E-state index in [2.05, 4.69) is 55.3 Å². The van der Waals surface area contributed by atoms with Gasteiger partial charge in [-0.1, -0.05) is 31.2 Å². The molecule has 1 aromatic carbocycles. The number of nitrogens with zero attached hydrogens (tertiary/aromatic N) is 2. The van der Waals surface area contributed by atoms with E-state index in [9.17, 15) is 4.79 Å². The third-order valence-electron chi connectivity index (χ3n) is 8.85. The molecule has 5 atom stereocenters. The molecule has 4 heteroatoms. The Morgan fingerprint density at radius 3 is 2.74 bits per heavy atom. The molecule has 1 aromatic rings. The van der Waals surface area contributed by atoms with Crippen LogP contribution in [0.5, 0.6) is 0 Å². The molecule has 2 aliphatic carbocycles. The molecule has 0 aromatic heterocycles. The van der Waals surface area contributed by atoms with Crippen molar-refractivity contribution in [3.05, 3.63) is 41.5 Å². The zero-order valence-corrected chi connectivity index (χ0v) is 19.5. The van der Waals surface area contributed by atoms with Gasteiger partial charge in [-0.05, 0) is 74.5 Å². The van der Waals surface area contributed by atoms with Crippen LogP contribution in [0.3, 0.4) is 0 Å². The number of esters is 1. The maximum Gasteiger partial charge on any atom is 0.310 e. The maximum atomic E-state index is 12.9. The Morgan fingerprint density at radius 1 is 1.19 bits per heavy atom. The van der Waals surface area contributed by atoms with E-state index in [1.807, 2.05) is 0 Å². The van der Waals surface area contributed by atoms with Crippen molar-refractivity contribution < 1.29 is 9.53 Å². The van der Waals surface area contributed by atoms with Crippen molar-refractivity contribution in [2.75, 3.05) is 37.6 Å². The number of ether oxygens (including phenoxy) is 1. The van der Waals surface area contributed by atoms with E-state index >= 15 is 0 Å². The van der Waals surface area contributed by atoms with Crippen LogP contribution in [0.1, 0.15) is 50.2 Å². The van der Waals surface area contributed by atoms with Gasteiger partial charge in [-0.2, -0.15) is 0 Å². The van der Waals surface area contributed by atoms with Crippen LogP contribution >= 0.6 is 0 Å². The minimum atomic E-state index is 0.0385. The quantitative estimate of drug-likeness (QED) is 0.520. The van der Waals surface area contributed by atoms with Crippen LogP contribution in [0.25, 0.3) is 0 Å². The van der Waals surface area contributed by atoms with Crippen molar-refractivity contribution in [1.29, 1.82) is 0 Å². The summed E-state index contributed by atoms with van der Waals surface area (Å²) in [7, 11) is 0. The normalized spacial score (nSPS) is 36.2. The fourth-order valence-electron chi connectivity index (χ4n) is 6.97. The zero-order chi connectivity index (χ0) is 21.8. The van der Waals surface area contributed by atoms with Crippen LogP contribution < -0.4 is 4.90 Å². The third-order valence-corrected chi connectivity index (χ3v) is 8.85. The van der Waals surface area contributed by atoms with Crippen LogP contribution in [0, 0.1) is 37.0 Å². The van der Waals surface area contributed by atoms with Crippen molar-refractivity contribution in [1.82, 2.24) is 4.90 Å². The van der Waals surface area contributed by atoms with Gasteiger partial charge in [-0.25, -0.2) is 0 Å². The van der Waals surface area contributed by atoms with E-state index in [4.69, 9.17) is 4.74 Å². The first-order valence-corrected chi connectivity index (χ1v) is 12.3. The predicted molar refractivity (Wildman–Crippen MR) is 125 cm³/mol. The molecule has 0 radical (unpaired) electrons. The van der Waals surface area contributed by atoms with E-state index in [1.165, 1.54) is 35.2 Å². The molecule has 0 amide bonds. The topological polar surface area (TPSA) is 32.8 Å². The highest BCUT2D eigenvalue weighted by Gasteiger charge is 2.55. The lowest BCUT2D eigenvalue weighted by Crippen LogP contribution is -2.50. The molecule has 2 aliphatic heterocycles. The molecule has 5 rings (SSSR count). The van der Waals surface area contributed by atoms with Crippen molar-refractivity contribution in [2.24, 2.45) is 23.2 Å². The largest absolute Gasteiger partial charge is 0.462 e. The second kappa shape index (κ2) is 7.95. The van der Waals surface area contributed by atoms with Gasteiger partial charge in [0.05, 0.1) is 5.92 Å². The molecule has 4 fully saturated rings. The number of hydrogen-bond donors (Lipinski definition) is 0. The molecule has 0 N–H and O–H groups in total. The van der Waals surface area contributed by atoms with E-state index < -0.39 is 0 Å². The zero-order valence-electron chi connectivity index (χ0n) is 19.5. The first kappa shape index (κ1) is 21.1. The van der Waals surface area contributed by atoms with Crippen LogP contribution in [-0.4, -0.2) is 49.7 Å².